The van der Waals surface area contributed by atoms with Crippen LogP contribution >= 0.6 is 23.8 Å². The number of halogens is 1. The number of fused-ring (bicyclic) bond motifs is 1. The summed E-state index contributed by atoms with van der Waals surface area (Å²) in [5.41, 5.74) is 7.59. The molecule has 0 spiro atoms. The van der Waals surface area contributed by atoms with Crippen LogP contribution in [0.1, 0.15) is 37.4 Å². The van der Waals surface area contributed by atoms with Crippen LogP contribution in [0.2, 0.25) is 5.02 Å². The van der Waals surface area contributed by atoms with Gasteiger partial charge in [-0.1, -0.05) is 37.6 Å². The van der Waals surface area contributed by atoms with E-state index in [1.54, 1.807) is 17.0 Å². The second-order valence-corrected chi connectivity index (χ2v) is 8.05. The van der Waals surface area contributed by atoms with Crippen molar-refractivity contribution in [1.82, 2.24) is 20.9 Å². The molecular weight excluding hydrogens is 400 g/mol. The van der Waals surface area contributed by atoms with Crippen molar-refractivity contribution in [1.29, 1.82) is 0 Å². The van der Waals surface area contributed by atoms with E-state index in [0.717, 1.165) is 5.56 Å². The number of thiocarbonyl (C=S) groups is 1. The number of nitrogens with one attached hydrogen (secondary N) is 4. The van der Waals surface area contributed by atoms with Crippen molar-refractivity contribution >= 4 is 46.3 Å². The van der Waals surface area contributed by atoms with Crippen LogP contribution in [0.15, 0.2) is 29.1 Å². The van der Waals surface area contributed by atoms with E-state index in [1.165, 1.54) is 0 Å². The maximum atomic E-state index is 12.5. The number of hydrazine groups is 1. The highest BCUT2D eigenvalue weighted by Gasteiger charge is 2.42. The average Bonchev–Trinajstić information content (AvgIpc) is 3.19. The Bertz CT molecular complexity index is 1010. The number of hydrogen-bond acceptors (Lipinski definition) is 6. The van der Waals surface area contributed by atoms with Crippen molar-refractivity contribution in [3.63, 3.8) is 0 Å². The summed E-state index contributed by atoms with van der Waals surface area (Å²) in [4.78, 5) is 26.5. The molecule has 2 aliphatic heterocycles. The first-order valence-corrected chi connectivity index (χ1v) is 9.69. The first-order chi connectivity index (χ1) is 13.4. The second-order valence-electron chi connectivity index (χ2n) is 7.23. The van der Waals surface area contributed by atoms with Crippen molar-refractivity contribution in [2.24, 2.45) is 5.92 Å². The van der Waals surface area contributed by atoms with Gasteiger partial charge in [0.1, 0.15) is 11.7 Å². The van der Waals surface area contributed by atoms with Gasteiger partial charge in [-0.25, -0.2) is 10.5 Å². The van der Waals surface area contributed by atoms with Crippen molar-refractivity contribution in [3.05, 3.63) is 50.8 Å². The fraction of sp³-hybridized carbons (Fsp3) is 0.333. The monoisotopic (exact) mass is 418 g/mol. The van der Waals surface area contributed by atoms with E-state index >= 15 is 0 Å². The summed E-state index contributed by atoms with van der Waals surface area (Å²) < 4.78 is 0. The smallest absolute Gasteiger partial charge is 0.289 e. The molecule has 8 nitrogen and oxygen atoms in total. The van der Waals surface area contributed by atoms with Crippen LogP contribution < -0.4 is 26.6 Å². The summed E-state index contributed by atoms with van der Waals surface area (Å²) in [5.74, 6) is 0.557. The lowest BCUT2D eigenvalue weighted by Gasteiger charge is -2.26. The minimum Gasteiger partial charge on any atom is -0.315 e. The third-order valence-corrected chi connectivity index (χ3v) is 5.37. The molecule has 2 aromatic rings. The molecule has 2 unspecified atom stereocenters. The largest absolute Gasteiger partial charge is 0.315 e. The Morgan fingerprint density at radius 1 is 1.25 bits per heavy atom. The highest BCUT2D eigenvalue weighted by atomic mass is 35.5. The number of aromatic nitrogens is 2. The van der Waals surface area contributed by atoms with E-state index in [2.05, 4.69) is 26.4 Å². The first kappa shape index (κ1) is 18.9. The number of nitrogens with zero attached hydrogens (tertiary/aromatic N) is 2. The van der Waals surface area contributed by atoms with Gasteiger partial charge in [-0.15, -0.1) is 0 Å². The van der Waals surface area contributed by atoms with Crippen LogP contribution in [0.5, 0.6) is 0 Å². The number of rotatable bonds is 4. The van der Waals surface area contributed by atoms with Crippen molar-refractivity contribution in [3.8, 4) is 0 Å². The summed E-state index contributed by atoms with van der Waals surface area (Å²) in [5, 5.41) is 10.4. The first-order valence-electron chi connectivity index (χ1n) is 8.90. The normalized spacial score (nSPS) is 21.1. The van der Waals surface area contributed by atoms with Gasteiger partial charge in [0.2, 0.25) is 5.91 Å². The molecule has 1 saturated heterocycles. The fourth-order valence-corrected chi connectivity index (χ4v) is 4.01. The summed E-state index contributed by atoms with van der Waals surface area (Å²) in [6.45, 7) is 4.08. The molecule has 1 fully saturated rings. The van der Waals surface area contributed by atoms with Gasteiger partial charge in [0.25, 0.3) is 5.56 Å². The average molecular weight is 419 g/mol. The van der Waals surface area contributed by atoms with E-state index in [0.29, 0.717) is 28.5 Å². The van der Waals surface area contributed by atoms with Gasteiger partial charge >= 0.3 is 0 Å². The van der Waals surface area contributed by atoms with Crippen LogP contribution in [0.3, 0.4) is 0 Å². The zero-order chi connectivity index (χ0) is 20.0. The van der Waals surface area contributed by atoms with E-state index in [9.17, 15) is 9.59 Å². The van der Waals surface area contributed by atoms with Crippen LogP contribution in [0.25, 0.3) is 0 Å². The lowest BCUT2D eigenvalue weighted by molar-refractivity contribution is -0.120. The number of benzene rings is 1. The molecule has 28 heavy (non-hydrogen) atoms. The van der Waals surface area contributed by atoms with Gasteiger partial charge in [-0.3, -0.25) is 14.5 Å². The summed E-state index contributed by atoms with van der Waals surface area (Å²) in [6.07, 6.45) is 0.605. The predicted molar refractivity (Wildman–Crippen MR) is 111 cm³/mol. The number of aromatic amines is 1. The topological polar surface area (TPSA) is 102 Å². The number of carbonyl (C=O) groups excluding carboxylic acids is 1. The highest BCUT2D eigenvalue weighted by Crippen LogP contribution is 2.38. The van der Waals surface area contributed by atoms with Gasteiger partial charge in [0.15, 0.2) is 10.9 Å². The molecule has 10 heteroatoms. The number of anilines is 2. The number of hydrogen-bond donors (Lipinski definition) is 4. The number of carbonyl (C=O) groups is 1. The van der Waals surface area contributed by atoms with Crippen LogP contribution in [-0.2, 0) is 4.79 Å². The fourth-order valence-electron chi connectivity index (χ4n) is 3.57. The molecule has 1 amide bonds. The Balaban J connectivity index is 1.84. The minimum atomic E-state index is -0.485. The highest BCUT2D eigenvalue weighted by molar-refractivity contribution is 7.80. The lowest BCUT2D eigenvalue weighted by Crippen LogP contribution is -2.38. The Morgan fingerprint density at radius 3 is 2.64 bits per heavy atom. The Morgan fingerprint density at radius 2 is 1.96 bits per heavy atom. The third-order valence-electron chi connectivity index (χ3n) is 4.82. The Kier molecular flexibility index (Phi) is 4.82. The van der Waals surface area contributed by atoms with Crippen LogP contribution in [-0.4, -0.2) is 27.3 Å². The maximum Gasteiger partial charge on any atom is 0.289 e. The molecule has 2 aliphatic rings. The minimum absolute atomic E-state index is 0.164. The summed E-state index contributed by atoms with van der Waals surface area (Å²) >= 11 is 11.4. The van der Waals surface area contributed by atoms with E-state index in [-0.39, 0.29) is 28.5 Å². The van der Waals surface area contributed by atoms with Crippen molar-refractivity contribution < 1.29 is 4.79 Å². The van der Waals surface area contributed by atoms with E-state index in [1.807, 2.05) is 26.0 Å². The molecule has 1 aromatic carbocycles. The van der Waals surface area contributed by atoms with Gasteiger partial charge in [-0.2, -0.15) is 5.10 Å². The molecule has 0 saturated carbocycles. The standard InChI is InChI=1S/C18H19ClN6O2S/c1-8(2)7-11-16(26)20-18(28)25(11)15-12-13(9-3-5-10(19)6-4-9)21-22-14(12)17(27)24-23-15/h3-6,8,11,13,21-22H,7H2,1-2H3,(H,24,27)(H,20,26,28). The lowest BCUT2D eigenvalue weighted by atomic mass is 9.98. The van der Waals surface area contributed by atoms with Crippen molar-refractivity contribution in [2.75, 3.05) is 10.3 Å². The van der Waals surface area contributed by atoms with E-state index in [4.69, 9.17) is 23.8 Å². The third kappa shape index (κ3) is 3.15. The molecule has 4 N–H and O–H groups in total. The second kappa shape index (κ2) is 7.16. The van der Waals surface area contributed by atoms with E-state index < -0.39 is 6.04 Å². The predicted octanol–water partition coefficient (Wildman–Crippen LogP) is 2.08. The summed E-state index contributed by atoms with van der Waals surface area (Å²) in [7, 11) is 0. The van der Waals surface area contributed by atoms with Gasteiger partial charge < -0.3 is 10.7 Å². The Labute approximate surface area is 171 Å². The van der Waals surface area contributed by atoms with Gasteiger partial charge in [0, 0.05) is 5.02 Å². The molecule has 1 aromatic heterocycles. The maximum absolute atomic E-state index is 12.5. The Hall–Kier alpha value is -2.49. The van der Waals surface area contributed by atoms with Gasteiger partial charge in [0.05, 0.1) is 11.6 Å². The quantitative estimate of drug-likeness (QED) is 0.564. The zero-order valence-corrected chi connectivity index (χ0v) is 16.8. The molecule has 3 heterocycles. The van der Waals surface area contributed by atoms with Crippen LogP contribution in [0, 0.1) is 5.92 Å². The molecule has 4 rings (SSSR count). The van der Waals surface area contributed by atoms with Crippen molar-refractivity contribution in [2.45, 2.75) is 32.4 Å². The molecular formula is C18H19ClN6O2S. The molecule has 2 atom stereocenters. The van der Waals surface area contributed by atoms with Crippen LogP contribution in [0.4, 0.5) is 11.5 Å². The summed E-state index contributed by atoms with van der Waals surface area (Å²) in [6, 6.07) is 6.48. The number of amides is 1. The van der Waals surface area contributed by atoms with Gasteiger partial charge in [-0.05, 0) is 42.3 Å². The molecule has 146 valence electrons. The zero-order valence-electron chi connectivity index (χ0n) is 15.2. The molecule has 0 aliphatic carbocycles. The SMILES string of the molecule is CC(C)CC1C(=O)NC(=S)N1c1n[nH]c(=O)c2c1C(c1ccc(Cl)cc1)NN2. The molecule has 0 radical (unpaired) electrons. The number of H-pyrrole nitrogens is 1. The molecule has 0 bridgehead atoms.